The topological polar surface area (TPSA) is 58.6 Å². The lowest BCUT2D eigenvalue weighted by Crippen LogP contribution is -2.48. The molecule has 5 nitrogen and oxygen atoms in total. The summed E-state index contributed by atoms with van der Waals surface area (Å²) in [6, 6.07) is 7.42. The van der Waals surface area contributed by atoms with Gasteiger partial charge in [-0.15, -0.1) is 0 Å². The van der Waals surface area contributed by atoms with Crippen LogP contribution in [0.5, 0.6) is 5.75 Å². The Morgan fingerprint density at radius 1 is 1.03 bits per heavy atom. The molecule has 1 heterocycles. The zero-order valence-electron chi connectivity index (χ0n) is 20.9. The highest BCUT2D eigenvalue weighted by atomic mass is 16.5. The molecule has 184 valence electrons. The molecule has 2 fully saturated rings. The van der Waals surface area contributed by atoms with Crippen LogP contribution < -0.4 is 10.1 Å². The predicted octanol–water partition coefficient (Wildman–Crippen LogP) is 4.99. The fourth-order valence-corrected chi connectivity index (χ4v) is 7.70. The van der Waals surface area contributed by atoms with Gasteiger partial charge >= 0.3 is 0 Å². The van der Waals surface area contributed by atoms with Crippen LogP contribution in [-0.4, -0.2) is 43.0 Å². The number of rotatable bonds is 9. The summed E-state index contributed by atoms with van der Waals surface area (Å²) < 4.78 is 5.48. The molecule has 5 rings (SSSR count). The van der Waals surface area contributed by atoms with Crippen LogP contribution in [0.15, 0.2) is 30.4 Å². The van der Waals surface area contributed by atoms with E-state index in [-0.39, 0.29) is 11.8 Å². The number of hydrogen-bond acceptors (Lipinski definition) is 4. The zero-order chi connectivity index (χ0) is 23.7. The number of fused-ring (bicyclic) bond motifs is 5. The highest BCUT2D eigenvalue weighted by molar-refractivity contribution is 6.12. The smallest absolute Gasteiger partial charge is 0.253 e. The maximum Gasteiger partial charge on any atom is 0.253 e. The van der Waals surface area contributed by atoms with E-state index in [2.05, 4.69) is 30.4 Å². The van der Waals surface area contributed by atoms with Crippen molar-refractivity contribution in [2.75, 3.05) is 20.2 Å². The molecule has 2 saturated carbocycles. The summed E-state index contributed by atoms with van der Waals surface area (Å²) in [5.74, 6) is 3.08. The maximum atomic E-state index is 11.6. The Hall–Kier alpha value is -2.14. The van der Waals surface area contributed by atoms with Crippen LogP contribution in [0.2, 0.25) is 0 Å². The van der Waals surface area contributed by atoms with Gasteiger partial charge in [-0.1, -0.05) is 25.8 Å². The second-order valence-corrected chi connectivity index (χ2v) is 11.2. The minimum atomic E-state index is -0.161. The van der Waals surface area contributed by atoms with Crippen LogP contribution in [0, 0.1) is 17.3 Å². The SMILES string of the molecule is COc1ccc2c(c1)CC[C@@H]1[C@@H]2CC[C@]2(C)C(NCCCCCCN3C(=O)C=CC3=O)CC[C@@H]12. The number of amides is 2. The number of unbranched alkanes of at least 4 members (excludes halogenated alkanes) is 3. The maximum absolute atomic E-state index is 11.6. The lowest BCUT2D eigenvalue weighted by atomic mass is 9.55. The first kappa shape index (κ1) is 23.6. The molecule has 5 heteroatoms. The number of imide groups is 1. The number of nitrogens with zero attached hydrogens (tertiary/aromatic N) is 1. The summed E-state index contributed by atoms with van der Waals surface area (Å²) in [5.41, 5.74) is 3.55. The fraction of sp³-hybridized carbons (Fsp3) is 0.655. The van der Waals surface area contributed by atoms with Crippen molar-refractivity contribution in [2.24, 2.45) is 17.3 Å². The average Bonchev–Trinajstić information content (AvgIpc) is 3.36. The van der Waals surface area contributed by atoms with Crippen molar-refractivity contribution in [1.82, 2.24) is 10.2 Å². The van der Waals surface area contributed by atoms with Gasteiger partial charge in [-0.3, -0.25) is 14.5 Å². The van der Waals surface area contributed by atoms with Gasteiger partial charge in [0, 0.05) is 24.7 Å². The number of hydrogen-bond donors (Lipinski definition) is 1. The first-order valence-corrected chi connectivity index (χ1v) is 13.4. The highest BCUT2D eigenvalue weighted by Gasteiger charge is 2.54. The normalized spacial score (nSPS) is 32.0. The van der Waals surface area contributed by atoms with Crippen molar-refractivity contribution in [2.45, 2.75) is 83.1 Å². The highest BCUT2D eigenvalue weighted by Crippen LogP contribution is 2.61. The van der Waals surface area contributed by atoms with E-state index < -0.39 is 0 Å². The minimum Gasteiger partial charge on any atom is -0.497 e. The average molecular weight is 465 g/mol. The van der Waals surface area contributed by atoms with Crippen LogP contribution in [0.25, 0.3) is 0 Å². The molecule has 34 heavy (non-hydrogen) atoms. The van der Waals surface area contributed by atoms with Crippen LogP contribution in [0.4, 0.5) is 0 Å². The third-order valence-corrected chi connectivity index (χ3v) is 9.53. The lowest BCUT2D eigenvalue weighted by Gasteiger charge is -2.51. The minimum absolute atomic E-state index is 0.161. The molecule has 0 saturated heterocycles. The van der Waals surface area contributed by atoms with Crippen molar-refractivity contribution in [3.8, 4) is 5.75 Å². The molecule has 0 bridgehead atoms. The number of carbonyl (C=O) groups excluding carboxylic acids is 2. The lowest BCUT2D eigenvalue weighted by molar-refractivity contribution is -0.136. The molecule has 3 aliphatic carbocycles. The van der Waals surface area contributed by atoms with Gasteiger partial charge in [0.15, 0.2) is 0 Å². The van der Waals surface area contributed by atoms with Gasteiger partial charge in [0.05, 0.1) is 7.11 Å². The van der Waals surface area contributed by atoms with Crippen molar-refractivity contribution >= 4 is 11.8 Å². The van der Waals surface area contributed by atoms with E-state index in [1.54, 1.807) is 12.7 Å². The Balaban J connectivity index is 1.08. The Labute approximate surface area is 204 Å². The Bertz CT molecular complexity index is 939. The standard InChI is InChI=1S/C29H40N2O3/c1-29-16-15-23-22-10-8-21(34-2)19-20(22)7-9-24(23)25(29)11-12-26(29)30-17-5-3-4-6-18-31-27(32)13-14-28(31)33/h8,10,13-14,19,23-26,30H,3-7,9,11-12,15-18H2,1-2H3/t23-,24-,25+,26?,29+/m1/s1. The van der Waals surface area contributed by atoms with Crippen LogP contribution in [0.3, 0.4) is 0 Å². The number of aryl methyl sites for hydroxylation is 1. The number of methoxy groups -OCH3 is 1. The summed E-state index contributed by atoms with van der Waals surface area (Å²) in [7, 11) is 1.77. The largest absolute Gasteiger partial charge is 0.497 e. The Morgan fingerprint density at radius 2 is 1.82 bits per heavy atom. The molecular formula is C29H40N2O3. The number of carbonyl (C=O) groups is 2. The first-order chi connectivity index (χ1) is 16.5. The van der Waals surface area contributed by atoms with E-state index in [9.17, 15) is 9.59 Å². The van der Waals surface area contributed by atoms with Crippen LogP contribution in [0.1, 0.15) is 81.8 Å². The summed E-state index contributed by atoms with van der Waals surface area (Å²) in [6.45, 7) is 4.20. The molecule has 1 aromatic rings. The molecule has 1 aromatic carbocycles. The van der Waals surface area contributed by atoms with Crippen molar-refractivity contribution < 1.29 is 14.3 Å². The molecule has 0 aromatic heterocycles. The monoisotopic (exact) mass is 464 g/mol. The van der Waals surface area contributed by atoms with Gasteiger partial charge in [0.2, 0.25) is 0 Å². The summed E-state index contributed by atoms with van der Waals surface area (Å²) >= 11 is 0. The Morgan fingerprint density at radius 3 is 2.62 bits per heavy atom. The summed E-state index contributed by atoms with van der Waals surface area (Å²) in [6.07, 6.45) is 14.9. The quantitative estimate of drug-likeness (QED) is 0.413. The third kappa shape index (κ3) is 4.32. The van der Waals surface area contributed by atoms with Gasteiger partial charge in [-0.05, 0) is 104 Å². The number of ether oxygens (including phenoxy) is 1. The number of nitrogens with one attached hydrogen (secondary N) is 1. The van der Waals surface area contributed by atoms with Crippen molar-refractivity contribution in [1.29, 1.82) is 0 Å². The van der Waals surface area contributed by atoms with Gasteiger partial charge in [0.1, 0.15) is 5.75 Å². The van der Waals surface area contributed by atoms with Crippen molar-refractivity contribution in [3.63, 3.8) is 0 Å². The molecule has 1 unspecified atom stereocenters. The first-order valence-electron chi connectivity index (χ1n) is 13.4. The second kappa shape index (κ2) is 9.85. The van der Waals surface area contributed by atoms with E-state index >= 15 is 0 Å². The van der Waals surface area contributed by atoms with Gasteiger partial charge in [-0.2, -0.15) is 0 Å². The zero-order valence-corrected chi connectivity index (χ0v) is 20.9. The molecule has 0 radical (unpaired) electrons. The van der Waals surface area contributed by atoms with E-state index in [1.807, 2.05) is 0 Å². The molecule has 0 spiro atoms. The second-order valence-electron chi connectivity index (χ2n) is 11.2. The molecule has 1 N–H and O–H groups in total. The van der Waals surface area contributed by atoms with Crippen molar-refractivity contribution in [3.05, 3.63) is 41.5 Å². The molecule has 1 aliphatic heterocycles. The van der Waals surface area contributed by atoms with Gasteiger partial charge in [0.25, 0.3) is 11.8 Å². The van der Waals surface area contributed by atoms with Gasteiger partial charge < -0.3 is 10.1 Å². The van der Waals surface area contributed by atoms with E-state index in [0.29, 0.717) is 18.0 Å². The predicted molar refractivity (Wildman–Crippen MR) is 134 cm³/mol. The van der Waals surface area contributed by atoms with E-state index in [0.717, 1.165) is 49.3 Å². The van der Waals surface area contributed by atoms with Gasteiger partial charge in [-0.25, -0.2) is 0 Å². The number of benzene rings is 1. The molecule has 5 atom stereocenters. The molecular weight excluding hydrogens is 424 g/mol. The Kier molecular flexibility index (Phi) is 6.83. The summed E-state index contributed by atoms with van der Waals surface area (Å²) in [4.78, 5) is 24.6. The van der Waals surface area contributed by atoms with E-state index in [1.165, 1.54) is 67.6 Å². The molecule has 2 amide bonds. The van der Waals surface area contributed by atoms with Crippen LogP contribution >= 0.6 is 0 Å². The summed E-state index contributed by atoms with van der Waals surface area (Å²) in [5, 5.41) is 3.95. The van der Waals surface area contributed by atoms with E-state index in [4.69, 9.17) is 4.74 Å². The molecule has 4 aliphatic rings. The fourth-order valence-electron chi connectivity index (χ4n) is 7.70. The van der Waals surface area contributed by atoms with Crippen LogP contribution in [-0.2, 0) is 16.0 Å². The third-order valence-electron chi connectivity index (χ3n) is 9.53.